The fourth-order valence-electron chi connectivity index (χ4n) is 1.61. The van der Waals surface area contributed by atoms with Crippen LogP contribution in [0.1, 0.15) is 20.3 Å². The highest BCUT2D eigenvalue weighted by atomic mass is 79.9. The molecule has 3 atom stereocenters. The van der Waals surface area contributed by atoms with Crippen molar-refractivity contribution in [3.8, 4) is 0 Å². The molecule has 4 heteroatoms. The maximum Gasteiger partial charge on any atom is 0.0656 e. The van der Waals surface area contributed by atoms with Gasteiger partial charge >= 0.3 is 0 Å². The maximum absolute atomic E-state index is 6.44. The van der Waals surface area contributed by atoms with E-state index in [9.17, 15) is 0 Å². The second-order valence-corrected chi connectivity index (χ2v) is 6.93. The van der Waals surface area contributed by atoms with E-state index in [2.05, 4.69) is 51.8 Å². The van der Waals surface area contributed by atoms with Gasteiger partial charge in [-0.2, -0.15) is 0 Å². The van der Waals surface area contributed by atoms with Crippen LogP contribution in [0.15, 0.2) is 11.6 Å². The summed E-state index contributed by atoms with van der Waals surface area (Å²) < 4.78 is 0. The summed E-state index contributed by atoms with van der Waals surface area (Å²) in [6, 6.07) is 0. The predicted octanol–water partition coefficient (Wildman–Crippen LogP) is 4.72. The molecule has 1 rings (SSSR count). The molecule has 0 aliphatic heterocycles. The van der Waals surface area contributed by atoms with Gasteiger partial charge in [0.2, 0.25) is 0 Å². The third kappa shape index (κ3) is 2.50. The Morgan fingerprint density at radius 3 is 2.71 bits per heavy atom. The number of alkyl halides is 4. The van der Waals surface area contributed by atoms with Crippen LogP contribution in [0.2, 0.25) is 0 Å². The molecular formula is C10H14Br2Cl2. The van der Waals surface area contributed by atoms with Gasteiger partial charge in [0.1, 0.15) is 0 Å². The average Bonchev–Trinajstić information content (AvgIpc) is 2.14. The zero-order valence-electron chi connectivity index (χ0n) is 8.24. The van der Waals surface area contributed by atoms with Crippen molar-refractivity contribution >= 4 is 55.1 Å². The molecule has 1 aliphatic rings. The van der Waals surface area contributed by atoms with Crippen molar-refractivity contribution < 1.29 is 0 Å². The third-order valence-corrected chi connectivity index (χ3v) is 6.61. The summed E-state index contributed by atoms with van der Waals surface area (Å²) in [6.45, 7) is 4.35. The van der Waals surface area contributed by atoms with Crippen LogP contribution in [0.25, 0.3) is 0 Å². The molecule has 0 saturated heterocycles. The molecule has 0 radical (unpaired) electrons. The fraction of sp³-hybridized carbons (Fsp3) is 0.800. The molecule has 3 unspecified atom stereocenters. The van der Waals surface area contributed by atoms with Crippen LogP contribution in [0.3, 0.4) is 0 Å². The van der Waals surface area contributed by atoms with Gasteiger partial charge in [0.15, 0.2) is 0 Å². The molecule has 14 heavy (non-hydrogen) atoms. The van der Waals surface area contributed by atoms with Gasteiger partial charge in [-0.3, -0.25) is 0 Å². The lowest BCUT2D eigenvalue weighted by molar-refractivity contribution is 0.341. The van der Waals surface area contributed by atoms with Crippen molar-refractivity contribution in [2.24, 2.45) is 5.41 Å². The van der Waals surface area contributed by atoms with Crippen molar-refractivity contribution in [1.29, 1.82) is 0 Å². The second-order valence-electron chi connectivity index (χ2n) is 4.21. The highest BCUT2D eigenvalue weighted by Gasteiger charge is 2.40. The first kappa shape index (κ1) is 13.3. The van der Waals surface area contributed by atoms with Gasteiger partial charge in [-0.05, 0) is 17.4 Å². The summed E-state index contributed by atoms with van der Waals surface area (Å²) in [4.78, 5) is 0.431. The molecule has 0 fully saturated rings. The van der Waals surface area contributed by atoms with Crippen LogP contribution >= 0.6 is 55.1 Å². The standard InChI is InChI=1S/C10H14Br2Cl2/c1-10(2)8(12)4-3-6(9(10)14)7(13)5-11/h3,7-9H,4-5H2,1-2H3. The minimum atomic E-state index is 0.0109. The number of halogens is 4. The van der Waals surface area contributed by atoms with E-state index < -0.39 is 0 Å². The van der Waals surface area contributed by atoms with Crippen molar-refractivity contribution in [2.75, 3.05) is 5.33 Å². The summed E-state index contributed by atoms with van der Waals surface area (Å²) >= 11 is 19.7. The maximum atomic E-state index is 6.44. The predicted molar refractivity (Wildman–Crippen MR) is 72.3 cm³/mol. The third-order valence-electron chi connectivity index (χ3n) is 2.81. The van der Waals surface area contributed by atoms with Crippen LogP contribution in [0.5, 0.6) is 0 Å². The summed E-state index contributed by atoms with van der Waals surface area (Å²) in [7, 11) is 0. The average molecular weight is 365 g/mol. The molecule has 0 nitrogen and oxygen atoms in total. The Kier molecular flexibility index (Phi) is 4.84. The zero-order valence-corrected chi connectivity index (χ0v) is 12.9. The molecule has 0 heterocycles. The first-order chi connectivity index (χ1) is 6.41. The van der Waals surface area contributed by atoms with Gasteiger partial charge in [0.05, 0.1) is 10.8 Å². The lowest BCUT2D eigenvalue weighted by Gasteiger charge is -2.40. The summed E-state index contributed by atoms with van der Waals surface area (Å²) in [5, 5.41) is 0.782. The van der Waals surface area contributed by atoms with E-state index in [1.165, 1.54) is 0 Å². The Balaban J connectivity index is 2.90. The fourth-order valence-corrected chi connectivity index (χ4v) is 3.26. The van der Waals surface area contributed by atoms with Gasteiger partial charge in [0.25, 0.3) is 0 Å². The van der Waals surface area contributed by atoms with Crippen molar-refractivity contribution in [3.63, 3.8) is 0 Å². The summed E-state index contributed by atoms with van der Waals surface area (Å²) in [5.41, 5.74) is 1.21. The van der Waals surface area contributed by atoms with E-state index in [-0.39, 0.29) is 16.2 Å². The van der Waals surface area contributed by atoms with E-state index in [0.29, 0.717) is 4.83 Å². The molecule has 0 aromatic heterocycles. The van der Waals surface area contributed by atoms with Gasteiger partial charge in [-0.1, -0.05) is 51.8 Å². The van der Waals surface area contributed by atoms with E-state index in [1.807, 2.05) is 0 Å². The molecule has 0 saturated carbocycles. The topological polar surface area (TPSA) is 0 Å². The van der Waals surface area contributed by atoms with Crippen molar-refractivity contribution in [1.82, 2.24) is 0 Å². The zero-order chi connectivity index (χ0) is 10.9. The first-order valence-corrected chi connectivity index (χ1v) is 7.50. The van der Waals surface area contributed by atoms with Crippen molar-refractivity contribution in [2.45, 2.75) is 35.8 Å². The lowest BCUT2D eigenvalue weighted by atomic mass is 9.76. The molecule has 82 valence electrons. The molecule has 0 spiro atoms. The molecule has 1 aliphatic carbocycles. The number of hydrogen-bond donors (Lipinski definition) is 0. The van der Waals surface area contributed by atoms with E-state index in [4.69, 9.17) is 23.2 Å². The van der Waals surface area contributed by atoms with Crippen LogP contribution in [0.4, 0.5) is 0 Å². The van der Waals surface area contributed by atoms with Crippen LogP contribution in [0, 0.1) is 5.41 Å². The van der Waals surface area contributed by atoms with Gasteiger partial charge in [-0.15, -0.1) is 23.2 Å². The quantitative estimate of drug-likeness (QED) is 0.491. The smallest absolute Gasteiger partial charge is 0.0656 e. The second kappa shape index (κ2) is 5.07. The minimum absolute atomic E-state index is 0.0109. The Morgan fingerprint density at radius 1 is 1.64 bits per heavy atom. The van der Waals surface area contributed by atoms with E-state index in [0.717, 1.165) is 17.3 Å². The molecular weight excluding hydrogens is 351 g/mol. The molecule has 0 amide bonds. The van der Waals surface area contributed by atoms with Gasteiger partial charge < -0.3 is 0 Å². The summed E-state index contributed by atoms with van der Waals surface area (Å²) in [5.74, 6) is 0. The molecule has 0 aromatic rings. The Labute approximate surface area is 113 Å². The molecule has 0 aromatic carbocycles. The largest absolute Gasteiger partial charge is 0.117 e. The highest BCUT2D eigenvalue weighted by Crippen LogP contribution is 2.45. The molecule has 0 bridgehead atoms. The van der Waals surface area contributed by atoms with Gasteiger partial charge in [-0.25, -0.2) is 0 Å². The highest BCUT2D eigenvalue weighted by molar-refractivity contribution is 9.09. The number of allylic oxidation sites excluding steroid dienone is 2. The van der Waals surface area contributed by atoms with E-state index >= 15 is 0 Å². The van der Waals surface area contributed by atoms with Crippen LogP contribution in [-0.4, -0.2) is 20.9 Å². The SMILES string of the molecule is CC1(C)C(Br)CC=C(C(Cl)CBr)C1Cl. The normalized spacial score (nSPS) is 33.7. The lowest BCUT2D eigenvalue weighted by Crippen LogP contribution is -2.40. The minimum Gasteiger partial charge on any atom is -0.117 e. The first-order valence-electron chi connectivity index (χ1n) is 4.59. The van der Waals surface area contributed by atoms with Crippen LogP contribution < -0.4 is 0 Å². The summed E-state index contributed by atoms with van der Waals surface area (Å²) in [6.07, 6.45) is 3.17. The molecule has 0 N–H and O–H groups in total. The van der Waals surface area contributed by atoms with E-state index in [1.54, 1.807) is 0 Å². The number of hydrogen-bond acceptors (Lipinski definition) is 0. The Morgan fingerprint density at radius 2 is 2.21 bits per heavy atom. The Hall–Kier alpha value is 1.28. The monoisotopic (exact) mass is 362 g/mol. The van der Waals surface area contributed by atoms with Crippen LogP contribution in [-0.2, 0) is 0 Å². The number of rotatable bonds is 2. The Bertz CT molecular complexity index is 238. The van der Waals surface area contributed by atoms with Crippen molar-refractivity contribution in [3.05, 3.63) is 11.6 Å². The van der Waals surface area contributed by atoms with Gasteiger partial charge in [0, 0.05) is 10.2 Å².